The molecule has 0 aliphatic rings. The maximum absolute atomic E-state index is 12.4. The van der Waals surface area contributed by atoms with Crippen molar-refractivity contribution < 1.29 is 14.3 Å². The molecular weight excluding hydrogens is 326 g/mol. The van der Waals surface area contributed by atoms with Crippen molar-refractivity contribution in [2.75, 3.05) is 13.7 Å². The van der Waals surface area contributed by atoms with Crippen molar-refractivity contribution in [2.45, 2.75) is 13.5 Å². The van der Waals surface area contributed by atoms with E-state index in [1.54, 1.807) is 11.7 Å². The summed E-state index contributed by atoms with van der Waals surface area (Å²) in [5.74, 6) is -0.310. The molecule has 2 aromatic carbocycles. The van der Waals surface area contributed by atoms with Crippen LogP contribution in [0.1, 0.15) is 23.0 Å². The monoisotopic (exact) mass is 349 g/mol. The molecular formula is C22H23NO3. The third-order valence-electron chi connectivity index (χ3n) is 4.34. The molecule has 4 heteroatoms. The molecule has 0 atom stereocenters. The Morgan fingerprint density at radius 1 is 1.00 bits per heavy atom. The van der Waals surface area contributed by atoms with Crippen LogP contribution >= 0.6 is 0 Å². The van der Waals surface area contributed by atoms with Crippen LogP contribution in [0.3, 0.4) is 0 Å². The van der Waals surface area contributed by atoms with Gasteiger partial charge in [-0.3, -0.25) is 0 Å². The minimum absolute atomic E-state index is 0.310. The number of aromatic nitrogens is 1. The van der Waals surface area contributed by atoms with Crippen molar-refractivity contribution in [1.29, 1.82) is 0 Å². The van der Waals surface area contributed by atoms with Crippen LogP contribution in [0.2, 0.25) is 0 Å². The van der Waals surface area contributed by atoms with Gasteiger partial charge in [0.15, 0.2) is 0 Å². The van der Waals surface area contributed by atoms with Crippen LogP contribution in [-0.4, -0.2) is 24.3 Å². The van der Waals surface area contributed by atoms with Gasteiger partial charge in [0, 0.05) is 25.9 Å². The average Bonchev–Trinajstić information content (AvgIpc) is 3.04. The van der Waals surface area contributed by atoms with E-state index in [0.29, 0.717) is 18.9 Å². The molecule has 134 valence electrons. The fraction of sp³-hybridized carbons (Fsp3) is 0.227. The number of nitrogens with zero attached hydrogens (tertiary/aromatic N) is 1. The lowest BCUT2D eigenvalue weighted by molar-refractivity contribution is 0.0516. The molecule has 0 aliphatic heterocycles. The summed E-state index contributed by atoms with van der Waals surface area (Å²) in [6, 6.07) is 18.4. The summed E-state index contributed by atoms with van der Waals surface area (Å²) in [5, 5.41) is 0. The largest absolute Gasteiger partial charge is 0.461 e. The van der Waals surface area contributed by atoms with Gasteiger partial charge in [0.25, 0.3) is 0 Å². The number of rotatable bonds is 6. The van der Waals surface area contributed by atoms with E-state index in [1.165, 1.54) is 0 Å². The van der Waals surface area contributed by atoms with Crippen LogP contribution in [0.5, 0.6) is 0 Å². The SMILES string of the molecule is CCOC(=O)c1c(-c2ccc(-c3ccccc3)c(COC)c2)ccn1C. The van der Waals surface area contributed by atoms with E-state index in [1.807, 2.05) is 50.5 Å². The highest BCUT2D eigenvalue weighted by molar-refractivity contribution is 5.96. The maximum Gasteiger partial charge on any atom is 0.355 e. The standard InChI is InChI=1S/C22H23NO3/c1-4-26-22(24)21-20(12-13-23(21)2)17-10-11-19(18(14-17)15-25-3)16-8-6-5-7-9-16/h5-14H,4,15H2,1-3H3. The van der Waals surface area contributed by atoms with Gasteiger partial charge < -0.3 is 14.0 Å². The molecule has 1 aromatic heterocycles. The second-order valence-electron chi connectivity index (χ2n) is 6.08. The van der Waals surface area contributed by atoms with Crippen molar-refractivity contribution in [1.82, 2.24) is 4.57 Å². The van der Waals surface area contributed by atoms with Crippen LogP contribution in [0, 0.1) is 0 Å². The van der Waals surface area contributed by atoms with E-state index >= 15 is 0 Å². The second kappa shape index (κ2) is 8.02. The van der Waals surface area contributed by atoms with Gasteiger partial charge in [-0.15, -0.1) is 0 Å². The molecule has 4 nitrogen and oxygen atoms in total. The van der Waals surface area contributed by atoms with Crippen LogP contribution < -0.4 is 0 Å². The average molecular weight is 349 g/mol. The number of carbonyl (C=O) groups excluding carboxylic acids is 1. The van der Waals surface area contributed by atoms with E-state index in [0.717, 1.165) is 27.8 Å². The van der Waals surface area contributed by atoms with Crippen molar-refractivity contribution in [3.05, 3.63) is 72.1 Å². The molecule has 26 heavy (non-hydrogen) atoms. The van der Waals surface area contributed by atoms with Gasteiger partial charge >= 0.3 is 5.97 Å². The van der Waals surface area contributed by atoms with Gasteiger partial charge in [-0.1, -0.05) is 42.5 Å². The van der Waals surface area contributed by atoms with Gasteiger partial charge in [0.1, 0.15) is 5.69 Å². The smallest absolute Gasteiger partial charge is 0.355 e. The summed E-state index contributed by atoms with van der Waals surface area (Å²) >= 11 is 0. The Balaban J connectivity index is 2.08. The van der Waals surface area contributed by atoms with E-state index in [4.69, 9.17) is 9.47 Å². The van der Waals surface area contributed by atoms with Crippen LogP contribution in [0.15, 0.2) is 60.8 Å². The first-order chi connectivity index (χ1) is 12.7. The first kappa shape index (κ1) is 18.0. The van der Waals surface area contributed by atoms with Crippen LogP contribution in [0.25, 0.3) is 22.3 Å². The van der Waals surface area contributed by atoms with Gasteiger partial charge in [-0.25, -0.2) is 4.79 Å². The molecule has 1 heterocycles. The molecule has 0 aliphatic carbocycles. The Kier molecular flexibility index (Phi) is 5.54. The van der Waals surface area contributed by atoms with Crippen LogP contribution in [-0.2, 0) is 23.1 Å². The predicted molar refractivity (Wildman–Crippen MR) is 103 cm³/mol. The van der Waals surface area contributed by atoms with Crippen molar-refractivity contribution in [3.63, 3.8) is 0 Å². The molecule has 3 rings (SSSR count). The number of aryl methyl sites for hydroxylation is 1. The molecule has 0 saturated heterocycles. The topological polar surface area (TPSA) is 40.5 Å². The van der Waals surface area contributed by atoms with E-state index in [-0.39, 0.29) is 5.97 Å². The zero-order valence-electron chi connectivity index (χ0n) is 15.4. The zero-order valence-corrected chi connectivity index (χ0v) is 15.4. The van der Waals surface area contributed by atoms with Crippen molar-refractivity contribution in [3.8, 4) is 22.3 Å². The molecule has 3 aromatic rings. The Labute approximate surface area is 154 Å². The summed E-state index contributed by atoms with van der Waals surface area (Å²) in [6.07, 6.45) is 1.88. The molecule has 0 amide bonds. The van der Waals surface area contributed by atoms with E-state index in [2.05, 4.69) is 24.3 Å². The quantitative estimate of drug-likeness (QED) is 0.607. The Hall–Kier alpha value is -2.85. The van der Waals surface area contributed by atoms with Crippen molar-refractivity contribution in [2.24, 2.45) is 7.05 Å². The molecule has 0 N–H and O–H groups in total. The molecule has 0 bridgehead atoms. The lowest BCUT2D eigenvalue weighted by Crippen LogP contribution is -2.10. The highest BCUT2D eigenvalue weighted by atomic mass is 16.5. The molecule has 0 saturated carbocycles. The summed E-state index contributed by atoms with van der Waals surface area (Å²) in [7, 11) is 3.54. The van der Waals surface area contributed by atoms with Gasteiger partial charge in [-0.2, -0.15) is 0 Å². The number of hydrogen-bond acceptors (Lipinski definition) is 3. The normalized spacial score (nSPS) is 10.7. The molecule has 0 spiro atoms. The number of esters is 1. The molecule has 0 fully saturated rings. The molecule has 0 unspecified atom stereocenters. The highest BCUT2D eigenvalue weighted by Gasteiger charge is 2.19. The highest BCUT2D eigenvalue weighted by Crippen LogP contribution is 2.31. The minimum atomic E-state index is -0.310. The first-order valence-electron chi connectivity index (χ1n) is 8.65. The van der Waals surface area contributed by atoms with Gasteiger partial charge in [-0.05, 0) is 41.3 Å². The third kappa shape index (κ3) is 3.55. The van der Waals surface area contributed by atoms with Crippen molar-refractivity contribution >= 4 is 5.97 Å². The van der Waals surface area contributed by atoms with Gasteiger partial charge in [0.05, 0.1) is 13.2 Å². The van der Waals surface area contributed by atoms with Gasteiger partial charge in [0.2, 0.25) is 0 Å². The fourth-order valence-electron chi connectivity index (χ4n) is 3.15. The van der Waals surface area contributed by atoms with Crippen LogP contribution in [0.4, 0.5) is 0 Å². The summed E-state index contributed by atoms with van der Waals surface area (Å²) in [4.78, 5) is 12.4. The zero-order chi connectivity index (χ0) is 18.5. The number of methoxy groups -OCH3 is 1. The Morgan fingerprint density at radius 2 is 1.77 bits per heavy atom. The molecule has 0 radical (unpaired) electrons. The number of hydrogen-bond donors (Lipinski definition) is 0. The van der Waals surface area contributed by atoms with E-state index < -0.39 is 0 Å². The summed E-state index contributed by atoms with van der Waals surface area (Å²) < 4.78 is 12.4. The lowest BCUT2D eigenvalue weighted by Gasteiger charge is -2.13. The summed E-state index contributed by atoms with van der Waals surface area (Å²) in [6.45, 7) is 2.66. The number of ether oxygens (including phenoxy) is 2. The Morgan fingerprint density at radius 3 is 2.46 bits per heavy atom. The second-order valence-corrected chi connectivity index (χ2v) is 6.08. The number of carbonyl (C=O) groups is 1. The maximum atomic E-state index is 12.4. The lowest BCUT2D eigenvalue weighted by atomic mass is 9.95. The predicted octanol–water partition coefficient (Wildman–Crippen LogP) is 4.68. The van der Waals surface area contributed by atoms with E-state index in [9.17, 15) is 4.79 Å². The Bertz CT molecular complexity index is 897. The first-order valence-corrected chi connectivity index (χ1v) is 8.65. The minimum Gasteiger partial charge on any atom is -0.461 e. The number of benzene rings is 2. The summed E-state index contributed by atoms with van der Waals surface area (Å²) in [5.41, 5.74) is 5.75. The fourth-order valence-corrected chi connectivity index (χ4v) is 3.15. The third-order valence-corrected chi connectivity index (χ3v) is 4.34.